The molecule has 4 rings (SSSR count). The van der Waals surface area contributed by atoms with Crippen LogP contribution in [0.25, 0.3) is 5.69 Å². The Morgan fingerprint density at radius 3 is 2.63 bits per heavy atom. The van der Waals surface area contributed by atoms with Crippen molar-refractivity contribution in [3.63, 3.8) is 0 Å². The molecule has 0 aliphatic carbocycles. The highest BCUT2D eigenvalue weighted by molar-refractivity contribution is 6.31. The number of nitrogens with zero attached hydrogens (tertiary/aromatic N) is 5. The predicted molar refractivity (Wildman–Crippen MR) is 120 cm³/mol. The van der Waals surface area contributed by atoms with Crippen molar-refractivity contribution in [2.45, 2.75) is 13.8 Å². The monoisotopic (exact) mass is 424 g/mol. The zero-order valence-corrected chi connectivity index (χ0v) is 17.9. The number of hydrogen-bond acceptors (Lipinski definition) is 5. The summed E-state index contributed by atoms with van der Waals surface area (Å²) >= 11 is 6.14. The second-order valence-corrected chi connectivity index (χ2v) is 7.97. The number of halogens is 1. The van der Waals surface area contributed by atoms with Crippen molar-refractivity contribution in [3.8, 4) is 5.69 Å². The van der Waals surface area contributed by atoms with Crippen LogP contribution in [0.1, 0.15) is 11.1 Å². The number of carbonyl (C=O) groups is 1. The first-order valence-electron chi connectivity index (χ1n) is 9.99. The highest BCUT2D eigenvalue weighted by Crippen LogP contribution is 2.25. The van der Waals surface area contributed by atoms with Gasteiger partial charge in [0.05, 0.1) is 17.9 Å². The number of anilines is 2. The molecule has 0 atom stereocenters. The van der Waals surface area contributed by atoms with Crippen molar-refractivity contribution in [1.82, 2.24) is 19.7 Å². The van der Waals surface area contributed by atoms with Crippen molar-refractivity contribution < 1.29 is 4.79 Å². The second kappa shape index (κ2) is 8.85. The summed E-state index contributed by atoms with van der Waals surface area (Å²) in [5.74, 6) is -0.0705. The van der Waals surface area contributed by atoms with Gasteiger partial charge in [0.1, 0.15) is 12.7 Å². The Bertz CT molecular complexity index is 1030. The maximum atomic E-state index is 12.7. The summed E-state index contributed by atoms with van der Waals surface area (Å²) in [6.07, 6.45) is 3.04. The molecule has 0 bridgehead atoms. The van der Waals surface area contributed by atoms with Gasteiger partial charge in [0.25, 0.3) is 0 Å². The van der Waals surface area contributed by atoms with Crippen LogP contribution in [-0.2, 0) is 4.79 Å². The van der Waals surface area contributed by atoms with Gasteiger partial charge in [0, 0.05) is 36.9 Å². The Kier molecular flexibility index (Phi) is 6.01. The van der Waals surface area contributed by atoms with Crippen molar-refractivity contribution in [1.29, 1.82) is 0 Å². The van der Waals surface area contributed by atoms with E-state index in [1.54, 1.807) is 23.1 Å². The average molecular weight is 425 g/mol. The predicted octanol–water partition coefficient (Wildman–Crippen LogP) is 3.30. The lowest BCUT2D eigenvalue weighted by molar-refractivity contribution is -0.117. The molecule has 2 aromatic carbocycles. The van der Waals surface area contributed by atoms with E-state index >= 15 is 0 Å². The number of nitrogens with one attached hydrogen (secondary N) is 1. The van der Waals surface area contributed by atoms with Crippen LogP contribution in [0.5, 0.6) is 0 Å². The summed E-state index contributed by atoms with van der Waals surface area (Å²) < 4.78 is 1.61. The number of carbonyl (C=O) groups excluding carboxylic acids is 1. The van der Waals surface area contributed by atoms with E-state index in [1.165, 1.54) is 23.1 Å². The lowest BCUT2D eigenvalue weighted by Gasteiger charge is -2.36. The summed E-state index contributed by atoms with van der Waals surface area (Å²) in [7, 11) is 0. The van der Waals surface area contributed by atoms with Gasteiger partial charge in [0.15, 0.2) is 0 Å². The number of amides is 1. The molecule has 0 radical (unpaired) electrons. The maximum absolute atomic E-state index is 12.7. The molecule has 1 saturated heterocycles. The fraction of sp³-hybridized carbons (Fsp3) is 0.318. The van der Waals surface area contributed by atoms with Gasteiger partial charge in [-0.2, -0.15) is 5.10 Å². The van der Waals surface area contributed by atoms with E-state index in [4.69, 9.17) is 11.6 Å². The van der Waals surface area contributed by atoms with Crippen LogP contribution in [0.2, 0.25) is 5.02 Å². The molecule has 7 nitrogen and oxygen atoms in total. The van der Waals surface area contributed by atoms with Gasteiger partial charge >= 0.3 is 0 Å². The van der Waals surface area contributed by atoms with Crippen molar-refractivity contribution in [2.75, 3.05) is 42.9 Å². The Labute approximate surface area is 181 Å². The summed E-state index contributed by atoms with van der Waals surface area (Å²) in [6.45, 7) is 8.13. The molecular formula is C22H25ClN6O. The van der Waals surface area contributed by atoms with Gasteiger partial charge in [-0.1, -0.05) is 23.7 Å². The quantitative estimate of drug-likeness (QED) is 0.680. The second-order valence-electron chi connectivity index (χ2n) is 7.53. The Hall–Kier alpha value is -2.90. The van der Waals surface area contributed by atoms with Gasteiger partial charge in [-0.25, -0.2) is 9.67 Å². The molecule has 156 valence electrons. The SMILES string of the molecule is Cc1cccc(N2CCN(CC(=O)Nc3cc(Cl)ccc3-n3cncn3)CC2)c1C. The van der Waals surface area contributed by atoms with E-state index in [-0.39, 0.29) is 5.91 Å². The number of aromatic nitrogens is 3. The third-order valence-electron chi connectivity index (χ3n) is 5.55. The minimum absolute atomic E-state index is 0.0705. The van der Waals surface area contributed by atoms with E-state index in [2.05, 4.69) is 57.2 Å². The third-order valence-corrected chi connectivity index (χ3v) is 5.79. The molecule has 0 unspecified atom stereocenters. The van der Waals surface area contributed by atoms with Crippen LogP contribution in [0.15, 0.2) is 49.1 Å². The standard InChI is InChI=1S/C22H25ClN6O/c1-16-4-3-5-20(17(16)2)28-10-8-27(9-11-28)13-22(30)26-19-12-18(23)6-7-21(19)29-15-24-14-25-29/h3-7,12,14-15H,8-11,13H2,1-2H3,(H,26,30). The fourth-order valence-electron chi connectivity index (χ4n) is 3.76. The lowest BCUT2D eigenvalue weighted by Crippen LogP contribution is -2.48. The Morgan fingerprint density at radius 2 is 1.90 bits per heavy atom. The maximum Gasteiger partial charge on any atom is 0.238 e. The summed E-state index contributed by atoms with van der Waals surface area (Å²) in [5.41, 5.74) is 5.26. The number of aryl methyl sites for hydroxylation is 1. The van der Waals surface area contributed by atoms with Crippen LogP contribution < -0.4 is 10.2 Å². The lowest BCUT2D eigenvalue weighted by atomic mass is 10.1. The highest BCUT2D eigenvalue weighted by Gasteiger charge is 2.21. The first-order valence-corrected chi connectivity index (χ1v) is 10.4. The molecular weight excluding hydrogens is 400 g/mol. The largest absolute Gasteiger partial charge is 0.369 e. The molecule has 1 amide bonds. The smallest absolute Gasteiger partial charge is 0.238 e. The zero-order valence-electron chi connectivity index (χ0n) is 17.2. The molecule has 1 aliphatic heterocycles. The van der Waals surface area contributed by atoms with Crippen molar-refractivity contribution in [2.24, 2.45) is 0 Å². The molecule has 8 heteroatoms. The van der Waals surface area contributed by atoms with E-state index in [1.807, 2.05) is 6.07 Å². The van der Waals surface area contributed by atoms with E-state index < -0.39 is 0 Å². The van der Waals surface area contributed by atoms with Crippen LogP contribution >= 0.6 is 11.6 Å². The summed E-state index contributed by atoms with van der Waals surface area (Å²) in [5, 5.41) is 7.68. The van der Waals surface area contributed by atoms with Crippen molar-refractivity contribution in [3.05, 3.63) is 65.2 Å². The number of rotatable bonds is 5. The van der Waals surface area contributed by atoms with Crippen LogP contribution in [0.3, 0.4) is 0 Å². The summed E-state index contributed by atoms with van der Waals surface area (Å²) in [6, 6.07) is 11.7. The van der Waals surface area contributed by atoms with Gasteiger partial charge in [-0.15, -0.1) is 0 Å². The molecule has 0 saturated carbocycles. The van der Waals surface area contributed by atoms with Crippen LogP contribution in [0, 0.1) is 13.8 Å². The van der Waals surface area contributed by atoms with E-state index in [0.717, 1.165) is 31.9 Å². The molecule has 30 heavy (non-hydrogen) atoms. The number of benzene rings is 2. The van der Waals surface area contributed by atoms with Gasteiger partial charge in [0.2, 0.25) is 5.91 Å². The van der Waals surface area contributed by atoms with Crippen LogP contribution in [-0.4, -0.2) is 58.3 Å². The minimum atomic E-state index is -0.0705. The zero-order chi connectivity index (χ0) is 21.1. The number of hydrogen-bond donors (Lipinski definition) is 1. The molecule has 2 heterocycles. The number of piperazine rings is 1. The molecule has 1 fully saturated rings. The van der Waals surface area contributed by atoms with Gasteiger partial charge in [-0.05, 0) is 49.2 Å². The van der Waals surface area contributed by atoms with Crippen molar-refractivity contribution >= 4 is 28.9 Å². The van der Waals surface area contributed by atoms with Gasteiger partial charge < -0.3 is 10.2 Å². The third kappa shape index (κ3) is 4.47. The van der Waals surface area contributed by atoms with Gasteiger partial charge in [-0.3, -0.25) is 9.69 Å². The molecule has 1 aliphatic rings. The Morgan fingerprint density at radius 1 is 1.10 bits per heavy atom. The minimum Gasteiger partial charge on any atom is -0.369 e. The highest BCUT2D eigenvalue weighted by atomic mass is 35.5. The molecule has 1 N–H and O–H groups in total. The van der Waals surface area contributed by atoms with E-state index in [0.29, 0.717) is 17.3 Å². The molecule has 1 aromatic heterocycles. The first-order chi connectivity index (χ1) is 14.5. The normalized spacial score (nSPS) is 14.7. The van der Waals surface area contributed by atoms with E-state index in [9.17, 15) is 4.79 Å². The fourth-order valence-corrected chi connectivity index (χ4v) is 3.93. The average Bonchev–Trinajstić information content (AvgIpc) is 3.25. The summed E-state index contributed by atoms with van der Waals surface area (Å²) in [4.78, 5) is 21.3. The van der Waals surface area contributed by atoms with Crippen LogP contribution in [0.4, 0.5) is 11.4 Å². The molecule has 3 aromatic rings. The topological polar surface area (TPSA) is 66.3 Å². The molecule has 0 spiro atoms. The first kappa shape index (κ1) is 20.4. The Balaban J connectivity index is 1.37.